The summed E-state index contributed by atoms with van der Waals surface area (Å²) >= 11 is 6.71. The van der Waals surface area contributed by atoms with Gasteiger partial charge in [0.25, 0.3) is 11.5 Å². The third-order valence-electron chi connectivity index (χ3n) is 14.3. The Labute approximate surface area is 530 Å². The summed E-state index contributed by atoms with van der Waals surface area (Å²) in [6.45, 7) is 9.46. The predicted molar refractivity (Wildman–Crippen MR) is 330 cm³/mol. The number of carboxylic acid groups (broad SMARTS) is 1. The van der Waals surface area contributed by atoms with Crippen LogP contribution in [0.4, 0.5) is 32.1 Å². The van der Waals surface area contributed by atoms with E-state index in [2.05, 4.69) is 66.1 Å². The highest BCUT2D eigenvalue weighted by Gasteiger charge is 2.26. The van der Waals surface area contributed by atoms with Crippen LogP contribution in [0.3, 0.4) is 0 Å². The van der Waals surface area contributed by atoms with Gasteiger partial charge >= 0.3 is 5.97 Å². The molecular weight excluding hydrogens is 1220 g/mol. The zero-order valence-electron chi connectivity index (χ0n) is 50.3. The van der Waals surface area contributed by atoms with Gasteiger partial charge in [-0.3, -0.25) is 19.4 Å². The number of H-pyrrole nitrogens is 1. The number of nitrogens with two attached hydrogens (primary N) is 1. The SMILES string of the molecule is Cc1nc2cc(F)c(-c3cnc(N4CCN(C(=O)COCCOCCOCCOCCOCCOCCn5cc(CC[C@H](NC(=O)c6ccc(NCc7cnc8nc(N)[nH]c(=O)c8n7)cc6)C(=O)O)nn5)CC4)nc3)nc2c(N[C@H](C)c2cc(C#N)ccc2F)c1Cl. The molecule has 7 heterocycles. The van der Waals surface area contributed by atoms with Crippen molar-refractivity contribution in [1.29, 1.82) is 5.26 Å². The molecule has 6 aromatic heterocycles. The summed E-state index contributed by atoms with van der Waals surface area (Å²) in [5.74, 6) is -2.72. The first kappa shape index (κ1) is 66.9. The van der Waals surface area contributed by atoms with Crippen molar-refractivity contribution >= 4 is 74.9 Å². The summed E-state index contributed by atoms with van der Waals surface area (Å²) in [7, 11) is 0. The molecule has 1 aliphatic rings. The van der Waals surface area contributed by atoms with Gasteiger partial charge in [-0.25, -0.2) is 48.2 Å². The van der Waals surface area contributed by atoms with Gasteiger partial charge in [-0.05, 0) is 69.2 Å². The van der Waals surface area contributed by atoms with E-state index < -0.39 is 41.2 Å². The second kappa shape index (κ2) is 33.0. The zero-order chi connectivity index (χ0) is 64.9. The van der Waals surface area contributed by atoms with E-state index in [1.54, 1.807) is 53.9 Å². The number of nitrogens with one attached hydrogen (secondary N) is 4. The maximum Gasteiger partial charge on any atom is 0.326 e. The lowest BCUT2D eigenvalue weighted by molar-refractivity contribution is -0.139. The number of nitriles is 1. The van der Waals surface area contributed by atoms with Crippen molar-refractivity contribution in [2.75, 3.05) is 127 Å². The number of anilines is 4. The van der Waals surface area contributed by atoms with E-state index in [9.17, 15) is 33.9 Å². The normalized spacial score (nSPS) is 13.1. The number of carbonyl (C=O) groups is 3. The number of hydrogen-bond donors (Lipinski definition) is 6. The third-order valence-corrected chi connectivity index (χ3v) is 14.8. The number of aliphatic carboxylic acids is 1. The molecule has 0 spiro atoms. The van der Waals surface area contributed by atoms with E-state index in [-0.39, 0.29) is 95.1 Å². The van der Waals surface area contributed by atoms with E-state index in [4.69, 9.17) is 45.8 Å². The number of nitrogens with zero attached hydrogens (tertiary/aromatic N) is 13. The van der Waals surface area contributed by atoms with Crippen molar-refractivity contribution in [3.8, 4) is 17.3 Å². The number of fused-ring (bicyclic) bond motifs is 2. The monoisotopic (exact) mass is 1290 g/mol. The zero-order valence-corrected chi connectivity index (χ0v) is 51.0. The molecule has 8 aromatic rings. The molecule has 92 heavy (non-hydrogen) atoms. The van der Waals surface area contributed by atoms with Crippen LogP contribution in [0.25, 0.3) is 33.5 Å². The number of pyridine rings is 2. The Morgan fingerprint density at radius 2 is 1.47 bits per heavy atom. The number of ether oxygens (including phenoxy) is 6. The van der Waals surface area contributed by atoms with Gasteiger partial charge in [0.15, 0.2) is 17.0 Å². The molecule has 2 amide bonds. The Bertz CT molecular complexity index is 3930. The van der Waals surface area contributed by atoms with Crippen LogP contribution in [-0.2, 0) is 57.5 Å². The summed E-state index contributed by atoms with van der Waals surface area (Å²) in [5, 5.41) is 36.5. The molecular formula is C60H67ClF2N18O11. The average Bonchev–Trinajstić information content (AvgIpc) is 0.878. The van der Waals surface area contributed by atoms with Crippen molar-refractivity contribution < 1.29 is 56.7 Å². The quantitative estimate of drug-likeness (QED) is 0.0303. The summed E-state index contributed by atoms with van der Waals surface area (Å²) in [5.41, 5.74) is 9.20. The second-order valence-corrected chi connectivity index (χ2v) is 21.2. The van der Waals surface area contributed by atoms with E-state index >= 15 is 4.39 Å². The van der Waals surface area contributed by atoms with Crippen LogP contribution in [0.1, 0.15) is 58.0 Å². The number of carbonyl (C=O) groups excluding carboxylic acids is 2. The van der Waals surface area contributed by atoms with Gasteiger partial charge in [-0.2, -0.15) is 10.2 Å². The lowest BCUT2D eigenvalue weighted by atomic mass is 10.0. The number of aromatic nitrogens is 11. The number of rotatable bonds is 34. The number of halogens is 3. The molecule has 2 atom stereocenters. The van der Waals surface area contributed by atoms with Gasteiger partial charge in [-0.15, -0.1) is 5.10 Å². The topological polar surface area (TPSA) is 373 Å². The van der Waals surface area contributed by atoms with Crippen LogP contribution in [0.15, 0.2) is 78.1 Å². The molecule has 29 nitrogen and oxygen atoms in total. The van der Waals surface area contributed by atoms with Crippen LogP contribution < -0.4 is 32.1 Å². The molecule has 484 valence electrons. The highest BCUT2D eigenvalue weighted by Crippen LogP contribution is 2.37. The first-order valence-electron chi connectivity index (χ1n) is 29.3. The fourth-order valence-electron chi connectivity index (χ4n) is 9.45. The molecule has 2 aromatic carbocycles. The van der Waals surface area contributed by atoms with Crippen molar-refractivity contribution in [2.45, 2.75) is 51.9 Å². The number of aryl methyl sites for hydroxylation is 2. The molecule has 0 radical (unpaired) electrons. The summed E-state index contributed by atoms with van der Waals surface area (Å²) in [4.78, 5) is 86.5. The Morgan fingerprint density at radius 1 is 0.804 bits per heavy atom. The third kappa shape index (κ3) is 18.6. The van der Waals surface area contributed by atoms with Gasteiger partial charge in [0, 0.05) is 73.2 Å². The van der Waals surface area contributed by atoms with Crippen molar-refractivity contribution in [2.24, 2.45) is 0 Å². The number of aromatic amines is 1. The van der Waals surface area contributed by atoms with Gasteiger partial charge in [0.2, 0.25) is 17.8 Å². The maximum atomic E-state index is 15.6. The van der Waals surface area contributed by atoms with Gasteiger partial charge in [0.1, 0.15) is 29.7 Å². The molecule has 0 bridgehead atoms. The lowest BCUT2D eigenvalue weighted by Crippen LogP contribution is -2.50. The maximum absolute atomic E-state index is 15.6. The molecule has 7 N–H and O–H groups in total. The predicted octanol–water partition coefficient (Wildman–Crippen LogP) is 4.45. The Kier molecular flexibility index (Phi) is 24.0. The number of nitrogen functional groups attached to an aromatic ring is 1. The van der Waals surface area contributed by atoms with Crippen LogP contribution in [0.5, 0.6) is 0 Å². The molecule has 0 unspecified atom stereocenters. The Hall–Kier alpha value is -9.55. The second-order valence-electron chi connectivity index (χ2n) is 20.8. The van der Waals surface area contributed by atoms with Gasteiger partial charge in [0.05, 0.1) is 143 Å². The fraction of sp³-hybridized carbons (Fsp3) is 0.400. The summed E-state index contributed by atoms with van der Waals surface area (Å²) in [6, 6.07) is 11.9. The highest BCUT2D eigenvalue weighted by molar-refractivity contribution is 6.35. The molecule has 32 heteroatoms. The molecule has 1 saturated heterocycles. The first-order valence-corrected chi connectivity index (χ1v) is 29.7. The lowest BCUT2D eigenvalue weighted by Gasteiger charge is -2.34. The minimum Gasteiger partial charge on any atom is -0.480 e. The number of carboxylic acids is 1. The Balaban J connectivity index is 0.556. The van der Waals surface area contributed by atoms with Gasteiger partial charge in [-0.1, -0.05) is 16.8 Å². The molecule has 0 saturated carbocycles. The Morgan fingerprint density at radius 3 is 2.13 bits per heavy atom. The smallest absolute Gasteiger partial charge is 0.326 e. The summed E-state index contributed by atoms with van der Waals surface area (Å²) < 4.78 is 65.5. The van der Waals surface area contributed by atoms with Crippen LogP contribution >= 0.6 is 11.6 Å². The largest absolute Gasteiger partial charge is 0.480 e. The molecule has 9 rings (SSSR count). The van der Waals surface area contributed by atoms with Crippen LogP contribution in [0, 0.1) is 29.9 Å². The number of hydrogen-bond acceptors (Lipinski definition) is 24. The van der Waals surface area contributed by atoms with E-state index in [1.807, 2.05) is 11.0 Å². The van der Waals surface area contributed by atoms with E-state index in [0.717, 1.165) is 0 Å². The average molecular weight is 1290 g/mol. The molecule has 1 fully saturated rings. The number of amides is 2. The van der Waals surface area contributed by atoms with Crippen molar-refractivity contribution in [3.63, 3.8) is 0 Å². The van der Waals surface area contributed by atoms with Crippen LogP contribution in [-0.4, -0.2) is 194 Å². The van der Waals surface area contributed by atoms with Crippen molar-refractivity contribution in [1.82, 2.24) is 65.1 Å². The van der Waals surface area contributed by atoms with Crippen LogP contribution in [0.2, 0.25) is 5.02 Å². The molecule has 1 aliphatic heterocycles. The standard InChI is InChI=1S/C60H67ClF2N18O11/c1-36(44-27-38(29-64)3-9-45(44)62)71-53-50(61)37(2)70-48-28-46(63)51(74-52(48)53)40-30-68-60(69-31-40)80-13-11-79(12-14-80)49(82)35-92-26-25-91-24-23-90-22-21-89-20-19-88-18-17-87-16-15-81-34-42(77-78-81)8-10-47(58(85)86)73-56(83)39-4-6-41(7-5-39)66-32-43-33-67-55-54(72-43)57(84)76-59(65)75-55/h3-7,9,27-28,30-31,33-34,36,47,66H,8,10-26,32,35H2,1-2H3,(H,70,71)(H,73,83)(H,85,86)(H3,65,67,75,76,84)/t36-,47+/m1/s1. The van der Waals surface area contributed by atoms with Gasteiger partial charge < -0.3 is 65.0 Å². The van der Waals surface area contributed by atoms with E-state index in [1.165, 1.54) is 42.9 Å². The number of benzene rings is 2. The minimum atomic E-state index is -1.19. The number of piperazine rings is 1. The minimum absolute atomic E-state index is 0.0381. The first-order chi connectivity index (χ1) is 44.6. The highest BCUT2D eigenvalue weighted by atomic mass is 35.5. The fourth-order valence-corrected chi connectivity index (χ4v) is 9.64. The molecule has 0 aliphatic carbocycles. The van der Waals surface area contributed by atoms with Crippen molar-refractivity contribution in [3.05, 3.63) is 134 Å². The summed E-state index contributed by atoms with van der Waals surface area (Å²) in [6.07, 6.45) is 6.45. The van der Waals surface area contributed by atoms with E-state index in [0.29, 0.717) is 138 Å².